The Kier molecular flexibility index (Phi) is 3.77. The molecular formula is C11H13F3N2O. The lowest BCUT2D eigenvalue weighted by molar-refractivity contribution is -0.149. The Hall–Kier alpha value is -1.56. The van der Waals surface area contributed by atoms with Crippen molar-refractivity contribution in [3.05, 3.63) is 29.3 Å². The molecule has 0 heterocycles. The van der Waals surface area contributed by atoms with Crippen LogP contribution in [-0.2, 0) is 4.79 Å². The second-order valence-corrected chi connectivity index (χ2v) is 3.77. The molecule has 1 aromatic carbocycles. The van der Waals surface area contributed by atoms with E-state index in [1.54, 1.807) is 0 Å². The van der Waals surface area contributed by atoms with E-state index in [2.05, 4.69) is 5.32 Å². The van der Waals surface area contributed by atoms with Gasteiger partial charge in [0.1, 0.15) is 6.04 Å². The highest BCUT2D eigenvalue weighted by Crippen LogP contribution is 2.32. The van der Waals surface area contributed by atoms with Gasteiger partial charge in [-0.25, -0.2) is 0 Å². The highest BCUT2D eigenvalue weighted by molar-refractivity contribution is 5.88. The minimum Gasteiger partial charge on any atom is -0.326 e. The molecule has 0 saturated heterocycles. The van der Waals surface area contributed by atoms with E-state index in [1.807, 2.05) is 0 Å². The smallest absolute Gasteiger partial charge is 0.326 e. The first-order valence-electron chi connectivity index (χ1n) is 4.92. The summed E-state index contributed by atoms with van der Waals surface area (Å²) in [5.41, 5.74) is 5.96. The molecule has 3 nitrogen and oxygen atoms in total. The van der Waals surface area contributed by atoms with Gasteiger partial charge in [-0.05, 0) is 30.2 Å². The van der Waals surface area contributed by atoms with Crippen LogP contribution in [0.5, 0.6) is 0 Å². The summed E-state index contributed by atoms with van der Waals surface area (Å²) in [7, 11) is 0. The number of amides is 1. The van der Waals surface area contributed by atoms with Gasteiger partial charge in [-0.2, -0.15) is 13.2 Å². The number of rotatable bonds is 2. The molecule has 0 aliphatic heterocycles. The van der Waals surface area contributed by atoms with E-state index in [0.29, 0.717) is 11.3 Å². The number of nitrogens with one attached hydrogen (secondary N) is 1. The number of aryl methyl sites for hydroxylation is 1. The number of hydrogen-bond donors (Lipinski definition) is 2. The lowest BCUT2D eigenvalue weighted by atomic mass is 10.0. The number of alkyl halides is 3. The van der Waals surface area contributed by atoms with Crippen LogP contribution in [0.15, 0.2) is 18.2 Å². The molecule has 0 aromatic heterocycles. The number of nitrogens with two attached hydrogens (primary N) is 1. The standard InChI is InChI=1S/C11H13F3N2O/c1-6-5-8(16-7(2)17)3-4-9(6)10(15)11(12,13)14/h3-5,10H,15H2,1-2H3,(H,16,17)/t10-/m1/s1. The molecule has 3 N–H and O–H groups in total. The van der Waals surface area contributed by atoms with Crippen molar-refractivity contribution in [1.82, 2.24) is 0 Å². The zero-order valence-electron chi connectivity index (χ0n) is 9.43. The summed E-state index contributed by atoms with van der Waals surface area (Å²) in [6, 6.07) is 2.13. The van der Waals surface area contributed by atoms with Crippen molar-refractivity contribution in [3.63, 3.8) is 0 Å². The fourth-order valence-corrected chi connectivity index (χ4v) is 1.48. The molecule has 0 unspecified atom stereocenters. The minimum atomic E-state index is -4.47. The van der Waals surface area contributed by atoms with Crippen molar-refractivity contribution in [1.29, 1.82) is 0 Å². The first-order valence-corrected chi connectivity index (χ1v) is 4.92. The third kappa shape index (κ3) is 3.45. The Balaban J connectivity index is 3.01. The zero-order chi connectivity index (χ0) is 13.2. The monoisotopic (exact) mass is 246 g/mol. The lowest BCUT2D eigenvalue weighted by Gasteiger charge is -2.18. The summed E-state index contributed by atoms with van der Waals surface area (Å²) in [6.45, 7) is 2.84. The zero-order valence-corrected chi connectivity index (χ0v) is 9.43. The summed E-state index contributed by atoms with van der Waals surface area (Å²) in [6.07, 6.45) is -4.47. The van der Waals surface area contributed by atoms with E-state index in [4.69, 9.17) is 5.73 Å². The van der Waals surface area contributed by atoms with Gasteiger partial charge in [-0.3, -0.25) is 4.79 Å². The molecule has 94 valence electrons. The quantitative estimate of drug-likeness (QED) is 0.842. The average Bonchev–Trinajstić information content (AvgIpc) is 2.14. The van der Waals surface area contributed by atoms with E-state index in [0.717, 1.165) is 0 Å². The number of carbonyl (C=O) groups is 1. The minimum absolute atomic E-state index is 0.00611. The van der Waals surface area contributed by atoms with Gasteiger partial charge >= 0.3 is 6.18 Å². The third-order valence-electron chi connectivity index (χ3n) is 2.28. The number of hydrogen-bond acceptors (Lipinski definition) is 2. The Labute approximate surface area is 96.8 Å². The molecule has 6 heteroatoms. The maximum absolute atomic E-state index is 12.4. The van der Waals surface area contributed by atoms with Crippen LogP contribution in [0.4, 0.5) is 18.9 Å². The fraction of sp³-hybridized carbons (Fsp3) is 0.364. The van der Waals surface area contributed by atoms with Gasteiger partial charge in [0.05, 0.1) is 0 Å². The van der Waals surface area contributed by atoms with Gasteiger partial charge < -0.3 is 11.1 Å². The Morgan fingerprint density at radius 1 is 1.41 bits per heavy atom. The van der Waals surface area contributed by atoms with Crippen LogP contribution in [0.25, 0.3) is 0 Å². The molecule has 17 heavy (non-hydrogen) atoms. The van der Waals surface area contributed by atoms with Crippen molar-refractivity contribution in [3.8, 4) is 0 Å². The highest BCUT2D eigenvalue weighted by atomic mass is 19.4. The van der Waals surface area contributed by atoms with Gasteiger partial charge in [0, 0.05) is 12.6 Å². The summed E-state index contributed by atoms with van der Waals surface area (Å²) in [5, 5.41) is 2.49. The molecule has 0 radical (unpaired) electrons. The summed E-state index contributed by atoms with van der Waals surface area (Å²) in [4.78, 5) is 10.8. The summed E-state index contributed by atoms with van der Waals surface area (Å²) >= 11 is 0. The Morgan fingerprint density at radius 3 is 2.41 bits per heavy atom. The molecule has 0 aliphatic rings. The predicted octanol–water partition coefficient (Wildman–Crippen LogP) is 2.52. The molecule has 1 atom stereocenters. The first kappa shape index (κ1) is 13.5. The van der Waals surface area contributed by atoms with E-state index < -0.39 is 12.2 Å². The van der Waals surface area contributed by atoms with E-state index >= 15 is 0 Å². The van der Waals surface area contributed by atoms with Crippen molar-refractivity contribution >= 4 is 11.6 Å². The van der Waals surface area contributed by atoms with E-state index in [9.17, 15) is 18.0 Å². The van der Waals surface area contributed by atoms with Crippen LogP contribution in [0.2, 0.25) is 0 Å². The number of benzene rings is 1. The molecule has 1 amide bonds. The average molecular weight is 246 g/mol. The van der Waals surface area contributed by atoms with Crippen LogP contribution in [-0.4, -0.2) is 12.1 Å². The van der Waals surface area contributed by atoms with Gasteiger partial charge in [-0.15, -0.1) is 0 Å². The maximum atomic E-state index is 12.4. The number of anilines is 1. The molecule has 0 spiro atoms. The van der Waals surface area contributed by atoms with Gasteiger partial charge in [-0.1, -0.05) is 6.07 Å². The normalized spacial score (nSPS) is 13.3. The van der Waals surface area contributed by atoms with Gasteiger partial charge in [0.2, 0.25) is 5.91 Å². The van der Waals surface area contributed by atoms with Crippen LogP contribution >= 0.6 is 0 Å². The second kappa shape index (κ2) is 4.75. The van der Waals surface area contributed by atoms with E-state index in [1.165, 1.54) is 32.0 Å². The molecule has 0 saturated carbocycles. The molecule has 1 rings (SSSR count). The second-order valence-electron chi connectivity index (χ2n) is 3.77. The Bertz CT molecular complexity index is 429. The van der Waals surface area contributed by atoms with Crippen molar-refractivity contribution in [2.75, 3.05) is 5.32 Å². The summed E-state index contributed by atoms with van der Waals surface area (Å²) < 4.78 is 37.3. The third-order valence-corrected chi connectivity index (χ3v) is 2.28. The SMILES string of the molecule is CC(=O)Nc1ccc([C@@H](N)C(F)(F)F)c(C)c1. The fourth-order valence-electron chi connectivity index (χ4n) is 1.48. The van der Waals surface area contributed by atoms with Crippen LogP contribution in [0.1, 0.15) is 24.1 Å². The Morgan fingerprint density at radius 2 is 2.00 bits per heavy atom. The lowest BCUT2D eigenvalue weighted by Crippen LogP contribution is -2.29. The van der Waals surface area contributed by atoms with Crippen molar-refractivity contribution in [2.45, 2.75) is 26.1 Å². The van der Waals surface area contributed by atoms with Gasteiger partial charge in [0.25, 0.3) is 0 Å². The largest absolute Gasteiger partial charge is 0.407 e. The van der Waals surface area contributed by atoms with Crippen LogP contribution in [0, 0.1) is 6.92 Å². The van der Waals surface area contributed by atoms with E-state index in [-0.39, 0.29) is 11.5 Å². The van der Waals surface area contributed by atoms with Crippen molar-refractivity contribution < 1.29 is 18.0 Å². The van der Waals surface area contributed by atoms with Crippen LogP contribution in [0.3, 0.4) is 0 Å². The molecule has 0 fully saturated rings. The maximum Gasteiger partial charge on any atom is 0.407 e. The molecule has 0 bridgehead atoms. The number of carbonyl (C=O) groups excluding carboxylic acids is 1. The first-order chi connectivity index (χ1) is 7.71. The topological polar surface area (TPSA) is 55.1 Å². The molecule has 1 aromatic rings. The van der Waals surface area contributed by atoms with Gasteiger partial charge in [0.15, 0.2) is 0 Å². The summed E-state index contributed by atoms with van der Waals surface area (Å²) in [5.74, 6) is -0.280. The molecular weight excluding hydrogens is 233 g/mol. The molecule has 0 aliphatic carbocycles. The predicted molar refractivity (Wildman–Crippen MR) is 58.5 cm³/mol. The number of halogens is 3. The highest BCUT2D eigenvalue weighted by Gasteiger charge is 2.38. The van der Waals surface area contributed by atoms with Crippen molar-refractivity contribution in [2.24, 2.45) is 5.73 Å². The van der Waals surface area contributed by atoms with Crippen LogP contribution < -0.4 is 11.1 Å².